The third-order valence-corrected chi connectivity index (χ3v) is 8.50. The van der Waals surface area contributed by atoms with E-state index in [1.807, 2.05) is 0 Å². The van der Waals surface area contributed by atoms with Crippen molar-refractivity contribution in [2.45, 2.75) is 63.8 Å². The average molecular weight is 353 g/mol. The summed E-state index contributed by atoms with van der Waals surface area (Å²) in [6.07, 6.45) is 6.95. The molecule has 1 amide bonds. The van der Waals surface area contributed by atoms with Gasteiger partial charge in [-0.1, -0.05) is 44.2 Å². The lowest BCUT2D eigenvalue weighted by Gasteiger charge is -2.41. The van der Waals surface area contributed by atoms with E-state index in [0.717, 1.165) is 38.3 Å². The second-order valence-electron chi connectivity index (χ2n) is 10.2. The van der Waals surface area contributed by atoms with Gasteiger partial charge >= 0.3 is 0 Å². The molecule has 4 bridgehead atoms. The molecule has 6 unspecified atom stereocenters. The molecule has 6 atom stereocenters. The summed E-state index contributed by atoms with van der Waals surface area (Å²) in [5.74, 6) is 1.62. The van der Waals surface area contributed by atoms with Crippen molar-refractivity contribution in [3.8, 4) is 0 Å². The Morgan fingerprint density at radius 2 is 1.96 bits per heavy atom. The van der Waals surface area contributed by atoms with Gasteiger partial charge in [0.2, 0.25) is 5.91 Å². The van der Waals surface area contributed by atoms with Crippen LogP contribution in [-0.4, -0.2) is 25.0 Å². The molecule has 6 rings (SSSR count). The van der Waals surface area contributed by atoms with E-state index in [1.54, 1.807) is 0 Å². The molecular formula is C23H32N2O. The first-order chi connectivity index (χ1) is 12.5. The minimum absolute atomic E-state index is 0.143. The summed E-state index contributed by atoms with van der Waals surface area (Å²) in [6.45, 7) is 6.73. The summed E-state index contributed by atoms with van der Waals surface area (Å²) in [6, 6.07) is 11.4. The van der Waals surface area contributed by atoms with Gasteiger partial charge in [0.05, 0.1) is 5.41 Å². The zero-order chi connectivity index (χ0) is 18.0. The van der Waals surface area contributed by atoms with Crippen LogP contribution in [0.15, 0.2) is 30.3 Å². The van der Waals surface area contributed by atoms with Gasteiger partial charge in [-0.05, 0) is 79.8 Å². The van der Waals surface area contributed by atoms with E-state index in [4.69, 9.17) is 0 Å². The summed E-state index contributed by atoms with van der Waals surface area (Å²) in [5, 5.41) is 6.98. The Hall–Kier alpha value is -1.35. The fourth-order valence-corrected chi connectivity index (χ4v) is 7.49. The lowest BCUT2D eigenvalue weighted by molar-refractivity contribution is -0.137. The number of piperidine rings is 1. The quantitative estimate of drug-likeness (QED) is 0.872. The summed E-state index contributed by atoms with van der Waals surface area (Å²) in [4.78, 5) is 13.7. The number of carbonyl (C=O) groups is 1. The van der Waals surface area contributed by atoms with Gasteiger partial charge in [-0.3, -0.25) is 4.79 Å². The van der Waals surface area contributed by atoms with E-state index in [2.05, 4.69) is 54.8 Å². The molecule has 3 heteroatoms. The molecule has 0 spiro atoms. The van der Waals surface area contributed by atoms with E-state index in [1.165, 1.54) is 24.8 Å². The fraction of sp³-hybridized carbons (Fsp3) is 0.696. The molecule has 1 aliphatic heterocycles. The first-order valence-electron chi connectivity index (χ1n) is 10.5. The van der Waals surface area contributed by atoms with Crippen molar-refractivity contribution >= 4 is 5.91 Å². The monoisotopic (exact) mass is 352 g/mol. The molecule has 5 aliphatic rings. The molecule has 140 valence electrons. The molecule has 1 heterocycles. The van der Waals surface area contributed by atoms with Gasteiger partial charge in [-0.15, -0.1) is 0 Å². The predicted octanol–water partition coefficient (Wildman–Crippen LogP) is 3.64. The van der Waals surface area contributed by atoms with E-state index >= 15 is 0 Å². The largest absolute Gasteiger partial charge is 0.353 e. The fourth-order valence-electron chi connectivity index (χ4n) is 7.49. The Bertz CT molecular complexity index is 718. The van der Waals surface area contributed by atoms with Crippen LogP contribution in [0.4, 0.5) is 0 Å². The van der Waals surface area contributed by atoms with Crippen LogP contribution in [0.2, 0.25) is 0 Å². The number of amides is 1. The number of benzene rings is 1. The van der Waals surface area contributed by atoms with E-state index in [0.29, 0.717) is 17.9 Å². The number of hydrogen-bond acceptors (Lipinski definition) is 2. The average Bonchev–Trinajstić information content (AvgIpc) is 2.95. The third kappa shape index (κ3) is 2.19. The van der Waals surface area contributed by atoms with Crippen molar-refractivity contribution in [3.63, 3.8) is 0 Å². The van der Waals surface area contributed by atoms with Crippen molar-refractivity contribution in [1.29, 1.82) is 0 Å². The Morgan fingerprint density at radius 1 is 1.15 bits per heavy atom. The van der Waals surface area contributed by atoms with Crippen molar-refractivity contribution < 1.29 is 4.79 Å². The van der Waals surface area contributed by atoms with Gasteiger partial charge in [0.25, 0.3) is 0 Å². The lowest BCUT2D eigenvalue weighted by Crippen LogP contribution is -2.54. The highest BCUT2D eigenvalue weighted by molar-refractivity contribution is 5.85. The number of carbonyl (C=O) groups excluding carboxylic acids is 1. The molecular weight excluding hydrogens is 320 g/mol. The minimum Gasteiger partial charge on any atom is -0.353 e. The number of rotatable bonds is 3. The van der Waals surface area contributed by atoms with Gasteiger partial charge in [-0.2, -0.15) is 0 Å². The van der Waals surface area contributed by atoms with Crippen LogP contribution in [0.5, 0.6) is 0 Å². The van der Waals surface area contributed by atoms with E-state index in [-0.39, 0.29) is 16.2 Å². The van der Waals surface area contributed by atoms with Crippen LogP contribution >= 0.6 is 0 Å². The Morgan fingerprint density at radius 3 is 2.73 bits per heavy atom. The molecule has 5 fully saturated rings. The Labute approximate surface area is 157 Å². The van der Waals surface area contributed by atoms with Gasteiger partial charge < -0.3 is 10.6 Å². The van der Waals surface area contributed by atoms with Crippen molar-refractivity contribution in [2.24, 2.45) is 22.7 Å². The van der Waals surface area contributed by atoms with Crippen LogP contribution in [0.25, 0.3) is 0 Å². The van der Waals surface area contributed by atoms with E-state index < -0.39 is 0 Å². The third-order valence-electron chi connectivity index (χ3n) is 8.50. The van der Waals surface area contributed by atoms with Gasteiger partial charge in [0, 0.05) is 6.04 Å². The van der Waals surface area contributed by atoms with Crippen LogP contribution in [-0.2, 0) is 10.2 Å². The number of hydrogen-bond donors (Lipinski definition) is 2. The van der Waals surface area contributed by atoms with Gasteiger partial charge in [0.15, 0.2) is 0 Å². The Kier molecular flexibility index (Phi) is 3.60. The smallest absolute Gasteiger partial charge is 0.227 e. The van der Waals surface area contributed by atoms with Gasteiger partial charge in [0.1, 0.15) is 0 Å². The molecule has 26 heavy (non-hydrogen) atoms. The summed E-state index contributed by atoms with van der Waals surface area (Å²) < 4.78 is 0. The molecule has 1 aromatic rings. The highest BCUT2D eigenvalue weighted by atomic mass is 16.2. The van der Waals surface area contributed by atoms with Crippen molar-refractivity contribution in [3.05, 3.63) is 35.9 Å². The van der Waals surface area contributed by atoms with Crippen LogP contribution in [0.1, 0.15) is 57.9 Å². The topological polar surface area (TPSA) is 41.1 Å². The highest BCUT2D eigenvalue weighted by Gasteiger charge is 2.72. The number of nitrogens with one attached hydrogen (secondary N) is 2. The maximum atomic E-state index is 13.7. The van der Waals surface area contributed by atoms with Crippen molar-refractivity contribution in [1.82, 2.24) is 10.6 Å². The summed E-state index contributed by atoms with van der Waals surface area (Å²) in [5.41, 5.74) is 1.73. The molecule has 0 aromatic heterocycles. The molecule has 3 nitrogen and oxygen atoms in total. The van der Waals surface area contributed by atoms with Crippen LogP contribution < -0.4 is 10.6 Å². The molecule has 1 saturated heterocycles. The predicted molar refractivity (Wildman–Crippen MR) is 104 cm³/mol. The van der Waals surface area contributed by atoms with Crippen LogP contribution in [0.3, 0.4) is 0 Å². The lowest BCUT2D eigenvalue weighted by atomic mass is 9.63. The van der Waals surface area contributed by atoms with Crippen molar-refractivity contribution in [2.75, 3.05) is 13.1 Å². The maximum absolute atomic E-state index is 13.7. The first kappa shape index (κ1) is 16.8. The highest BCUT2D eigenvalue weighted by Crippen LogP contribution is 2.76. The molecule has 4 aliphatic carbocycles. The minimum atomic E-state index is -0.143. The second kappa shape index (κ2) is 5.58. The van der Waals surface area contributed by atoms with E-state index in [9.17, 15) is 4.79 Å². The summed E-state index contributed by atoms with van der Waals surface area (Å²) in [7, 11) is 0. The zero-order valence-corrected chi connectivity index (χ0v) is 16.2. The molecule has 4 saturated carbocycles. The first-order valence-corrected chi connectivity index (χ1v) is 10.5. The Balaban J connectivity index is 1.46. The molecule has 0 radical (unpaired) electrons. The normalized spacial score (nSPS) is 46.5. The molecule has 2 N–H and O–H groups in total. The van der Waals surface area contributed by atoms with Gasteiger partial charge in [-0.25, -0.2) is 0 Å². The van der Waals surface area contributed by atoms with Crippen LogP contribution in [0, 0.1) is 22.7 Å². The standard InChI is InChI=1S/C23H32N2O/c1-16-13-24-9-8-19(16)25-20(26)23-12-17-10-21(23,2)14-22(11-17,15-23)18-6-4-3-5-7-18/h3-7,16-17,19,24H,8-15H2,1-2H3,(H,25,26). The summed E-state index contributed by atoms with van der Waals surface area (Å²) >= 11 is 0. The SMILES string of the molecule is CC1CNCCC1NC(=O)C12CC3CC(c4ccccc4)(CC1(C)C3)C2. The zero-order valence-electron chi connectivity index (χ0n) is 16.2. The second-order valence-corrected chi connectivity index (χ2v) is 10.2. The molecule has 1 aromatic carbocycles. The maximum Gasteiger partial charge on any atom is 0.227 e.